The SMILES string of the molecule is O=C(Cc1cccnc1)C1(c2ccccc2)CCOCC1. The Morgan fingerprint density at radius 2 is 1.86 bits per heavy atom. The molecule has 0 bridgehead atoms. The number of hydrogen-bond donors (Lipinski definition) is 0. The fourth-order valence-electron chi connectivity index (χ4n) is 3.06. The molecule has 0 atom stereocenters. The minimum absolute atomic E-state index is 0.269. The highest BCUT2D eigenvalue weighted by atomic mass is 16.5. The molecule has 1 aromatic carbocycles. The van der Waals surface area contributed by atoms with E-state index in [1.165, 1.54) is 0 Å². The molecule has 1 fully saturated rings. The Morgan fingerprint density at radius 1 is 1.10 bits per heavy atom. The molecule has 0 radical (unpaired) electrons. The molecule has 0 amide bonds. The monoisotopic (exact) mass is 281 g/mol. The average Bonchev–Trinajstić information content (AvgIpc) is 2.57. The van der Waals surface area contributed by atoms with Crippen LogP contribution < -0.4 is 0 Å². The zero-order chi connectivity index (χ0) is 14.5. The molecular formula is C18H19NO2. The average molecular weight is 281 g/mol. The maximum Gasteiger partial charge on any atom is 0.147 e. The van der Waals surface area contributed by atoms with Crippen molar-refractivity contribution >= 4 is 5.78 Å². The normalized spacial score (nSPS) is 17.3. The van der Waals surface area contributed by atoms with Crippen molar-refractivity contribution in [3.05, 3.63) is 66.0 Å². The number of carbonyl (C=O) groups excluding carboxylic acids is 1. The minimum atomic E-state index is -0.407. The highest BCUT2D eigenvalue weighted by Gasteiger charge is 2.40. The minimum Gasteiger partial charge on any atom is -0.381 e. The third-order valence-corrected chi connectivity index (χ3v) is 4.29. The summed E-state index contributed by atoms with van der Waals surface area (Å²) in [4.78, 5) is 17.1. The summed E-state index contributed by atoms with van der Waals surface area (Å²) in [5, 5.41) is 0. The van der Waals surface area contributed by atoms with Crippen LogP contribution in [0.15, 0.2) is 54.9 Å². The lowest BCUT2D eigenvalue weighted by molar-refractivity contribution is -0.127. The maximum atomic E-state index is 13.0. The molecular weight excluding hydrogens is 262 g/mol. The molecule has 2 aromatic rings. The number of aromatic nitrogens is 1. The fourth-order valence-corrected chi connectivity index (χ4v) is 3.06. The first kappa shape index (κ1) is 14.0. The van der Waals surface area contributed by atoms with Gasteiger partial charge in [0.05, 0.1) is 5.41 Å². The largest absolute Gasteiger partial charge is 0.381 e. The van der Waals surface area contributed by atoms with Gasteiger partial charge in [-0.25, -0.2) is 0 Å². The lowest BCUT2D eigenvalue weighted by Crippen LogP contribution is -2.42. The summed E-state index contributed by atoms with van der Waals surface area (Å²) in [6, 6.07) is 14.0. The summed E-state index contributed by atoms with van der Waals surface area (Å²) in [5.41, 5.74) is 1.68. The van der Waals surface area contributed by atoms with Crippen molar-refractivity contribution < 1.29 is 9.53 Å². The van der Waals surface area contributed by atoms with Gasteiger partial charge in [0, 0.05) is 32.0 Å². The molecule has 2 heterocycles. The van der Waals surface area contributed by atoms with Crippen LogP contribution in [0.5, 0.6) is 0 Å². The van der Waals surface area contributed by atoms with E-state index < -0.39 is 5.41 Å². The van der Waals surface area contributed by atoms with Gasteiger partial charge >= 0.3 is 0 Å². The number of Topliss-reactive ketones (excluding diaryl/α,β-unsaturated/α-hetero) is 1. The van der Waals surface area contributed by atoms with Crippen molar-refractivity contribution in [2.24, 2.45) is 0 Å². The van der Waals surface area contributed by atoms with Crippen LogP contribution >= 0.6 is 0 Å². The van der Waals surface area contributed by atoms with E-state index in [9.17, 15) is 4.79 Å². The molecule has 0 aliphatic carbocycles. The van der Waals surface area contributed by atoms with E-state index in [2.05, 4.69) is 17.1 Å². The summed E-state index contributed by atoms with van der Waals surface area (Å²) in [6.07, 6.45) is 5.46. The van der Waals surface area contributed by atoms with Gasteiger partial charge < -0.3 is 4.74 Å². The quantitative estimate of drug-likeness (QED) is 0.865. The second kappa shape index (κ2) is 6.19. The zero-order valence-electron chi connectivity index (χ0n) is 12.0. The number of benzene rings is 1. The summed E-state index contributed by atoms with van der Waals surface area (Å²) >= 11 is 0. The highest BCUT2D eigenvalue weighted by Crippen LogP contribution is 2.36. The molecule has 1 aromatic heterocycles. The van der Waals surface area contributed by atoms with E-state index in [4.69, 9.17) is 4.74 Å². The van der Waals surface area contributed by atoms with Crippen molar-refractivity contribution in [2.75, 3.05) is 13.2 Å². The Morgan fingerprint density at radius 3 is 2.52 bits per heavy atom. The van der Waals surface area contributed by atoms with Gasteiger partial charge in [-0.15, -0.1) is 0 Å². The molecule has 0 spiro atoms. The molecule has 3 heteroatoms. The standard InChI is InChI=1S/C18H19NO2/c20-17(13-15-5-4-10-19-14-15)18(8-11-21-12-9-18)16-6-2-1-3-7-16/h1-7,10,14H,8-9,11-13H2. The highest BCUT2D eigenvalue weighted by molar-refractivity contribution is 5.92. The van der Waals surface area contributed by atoms with Crippen LogP contribution in [0.1, 0.15) is 24.0 Å². The summed E-state index contributed by atoms with van der Waals surface area (Å²) in [7, 11) is 0. The van der Waals surface area contributed by atoms with E-state index >= 15 is 0 Å². The lowest BCUT2D eigenvalue weighted by atomic mass is 9.69. The maximum absolute atomic E-state index is 13.0. The van der Waals surface area contributed by atoms with Crippen LogP contribution in [0.4, 0.5) is 0 Å². The van der Waals surface area contributed by atoms with Crippen molar-refractivity contribution in [3.8, 4) is 0 Å². The van der Waals surface area contributed by atoms with Gasteiger partial charge in [0.1, 0.15) is 5.78 Å². The Labute approximate surface area is 125 Å². The number of nitrogens with zero attached hydrogens (tertiary/aromatic N) is 1. The Balaban J connectivity index is 1.90. The summed E-state index contributed by atoms with van der Waals surface area (Å²) in [5.74, 6) is 0.269. The summed E-state index contributed by atoms with van der Waals surface area (Å²) < 4.78 is 5.48. The molecule has 0 N–H and O–H groups in total. The first-order valence-electron chi connectivity index (χ1n) is 7.37. The Kier molecular flexibility index (Phi) is 4.11. The van der Waals surface area contributed by atoms with Gasteiger partial charge in [0.25, 0.3) is 0 Å². The van der Waals surface area contributed by atoms with Crippen LogP contribution in [0.3, 0.4) is 0 Å². The molecule has 1 saturated heterocycles. The van der Waals surface area contributed by atoms with Crippen molar-refractivity contribution in [1.82, 2.24) is 4.98 Å². The van der Waals surface area contributed by atoms with Gasteiger partial charge in [-0.3, -0.25) is 9.78 Å². The Hall–Kier alpha value is -2.00. The lowest BCUT2D eigenvalue weighted by Gasteiger charge is -2.36. The van der Waals surface area contributed by atoms with E-state index in [-0.39, 0.29) is 5.78 Å². The van der Waals surface area contributed by atoms with Crippen LogP contribution in [0, 0.1) is 0 Å². The Bertz CT molecular complexity index is 589. The number of rotatable bonds is 4. The van der Waals surface area contributed by atoms with Gasteiger partial charge in [-0.2, -0.15) is 0 Å². The first-order chi connectivity index (χ1) is 10.3. The van der Waals surface area contributed by atoms with E-state index in [1.54, 1.807) is 12.4 Å². The van der Waals surface area contributed by atoms with Crippen molar-refractivity contribution in [2.45, 2.75) is 24.7 Å². The number of ether oxygens (including phenoxy) is 1. The van der Waals surface area contributed by atoms with Gasteiger partial charge in [-0.05, 0) is 30.0 Å². The molecule has 21 heavy (non-hydrogen) atoms. The topological polar surface area (TPSA) is 39.2 Å². The predicted molar refractivity (Wildman–Crippen MR) is 81.1 cm³/mol. The van der Waals surface area contributed by atoms with Crippen molar-refractivity contribution in [3.63, 3.8) is 0 Å². The number of hydrogen-bond acceptors (Lipinski definition) is 3. The molecule has 3 nitrogen and oxygen atoms in total. The number of ketones is 1. The van der Waals surface area contributed by atoms with Crippen LogP contribution in [0.25, 0.3) is 0 Å². The van der Waals surface area contributed by atoms with Gasteiger partial charge in [0.15, 0.2) is 0 Å². The smallest absolute Gasteiger partial charge is 0.147 e. The molecule has 1 aliphatic rings. The van der Waals surface area contributed by atoms with E-state index in [0.717, 1.165) is 24.0 Å². The third kappa shape index (κ3) is 2.88. The van der Waals surface area contributed by atoms with Gasteiger partial charge in [-0.1, -0.05) is 36.4 Å². The number of pyridine rings is 1. The predicted octanol–water partition coefficient (Wildman–Crippen LogP) is 2.94. The second-order valence-corrected chi connectivity index (χ2v) is 5.52. The van der Waals surface area contributed by atoms with Crippen molar-refractivity contribution in [1.29, 1.82) is 0 Å². The van der Waals surface area contributed by atoms with Crippen LogP contribution in [0.2, 0.25) is 0 Å². The van der Waals surface area contributed by atoms with Crippen LogP contribution in [-0.4, -0.2) is 24.0 Å². The molecule has 3 rings (SSSR count). The van der Waals surface area contributed by atoms with E-state index in [1.807, 2.05) is 30.3 Å². The molecule has 1 aliphatic heterocycles. The first-order valence-corrected chi connectivity index (χ1v) is 7.37. The third-order valence-electron chi connectivity index (χ3n) is 4.29. The van der Waals surface area contributed by atoms with Crippen LogP contribution in [-0.2, 0) is 21.4 Å². The second-order valence-electron chi connectivity index (χ2n) is 5.52. The zero-order valence-corrected chi connectivity index (χ0v) is 12.0. The molecule has 108 valence electrons. The van der Waals surface area contributed by atoms with E-state index in [0.29, 0.717) is 19.6 Å². The fraction of sp³-hybridized carbons (Fsp3) is 0.333. The van der Waals surface area contributed by atoms with Gasteiger partial charge in [0.2, 0.25) is 0 Å². The molecule has 0 saturated carbocycles. The summed E-state index contributed by atoms with van der Waals surface area (Å²) in [6.45, 7) is 1.29. The molecule has 0 unspecified atom stereocenters. The number of carbonyl (C=O) groups is 1.